The minimum atomic E-state index is 0.959. The van der Waals surface area contributed by atoms with E-state index in [0.717, 1.165) is 34.0 Å². The molecule has 7 aromatic rings. The summed E-state index contributed by atoms with van der Waals surface area (Å²) >= 11 is 0. The average molecular weight is 538 g/mol. The summed E-state index contributed by atoms with van der Waals surface area (Å²) in [4.78, 5) is 9.47. The Kier molecular flexibility index (Phi) is 5.79. The lowest BCUT2D eigenvalue weighted by Crippen LogP contribution is -2.15. The highest BCUT2D eigenvalue weighted by atomic mass is 15.2. The van der Waals surface area contributed by atoms with Crippen LogP contribution in [0.25, 0.3) is 33.2 Å². The highest BCUT2D eigenvalue weighted by Crippen LogP contribution is 2.51. The Bertz CT molecular complexity index is 2010. The van der Waals surface area contributed by atoms with Gasteiger partial charge in [0.15, 0.2) is 0 Å². The predicted octanol–water partition coefficient (Wildman–Crippen LogP) is 10.8. The standard InChI is InChI=1S/C39H27N3/c1-3-11-28(12-4-1)36-26-25-33(27-40-36)41(30-15-5-2-6-16-30)31-21-23-32(24-22-31)42-37-19-8-7-17-34(37)35-18-9-13-29-14-10-20-38(42)39(29)35/h1-27H. The number of aromatic nitrogens is 1. The van der Waals surface area contributed by atoms with Gasteiger partial charge in [0.25, 0.3) is 0 Å². The van der Waals surface area contributed by atoms with Crippen molar-refractivity contribution in [2.45, 2.75) is 0 Å². The number of rotatable bonds is 5. The van der Waals surface area contributed by atoms with Crippen molar-refractivity contribution in [2.24, 2.45) is 0 Å². The van der Waals surface area contributed by atoms with Crippen LogP contribution in [-0.2, 0) is 0 Å². The van der Waals surface area contributed by atoms with Gasteiger partial charge in [0.1, 0.15) is 0 Å². The molecule has 0 unspecified atom stereocenters. The lowest BCUT2D eigenvalue weighted by atomic mass is 9.91. The highest BCUT2D eigenvalue weighted by molar-refractivity contribution is 6.13. The van der Waals surface area contributed by atoms with Crippen LogP contribution in [0.1, 0.15) is 0 Å². The van der Waals surface area contributed by atoms with Gasteiger partial charge < -0.3 is 9.80 Å². The Morgan fingerprint density at radius 2 is 1.07 bits per heavy atom. The van der Waals surface area contributed by atoms with E-state index < -0.39 is 0 Å². The van der Waals surface area contributed by atoms with Crippen molar-refractivity contribution in [1.82, 2.24) is 4.98 Å². The Hall–Kier alpha value is -5.67. The minimum absolute atomic E-state index is 0.959. The van der Waals surface area contributed by atoms with Gasteiger partial charge in [-0.1, -0.05) is 97.1 Å². The quantitative estimate of drug-likeness (QED) is 0.218. The first-order chi connectivity index (χ1) is 20.8. The third-order valence-electron chi connectivity index (χ3n) is 8.01. The molecule has 6 aromatic carbocycles. The number of hydrogen-bond donors (Lipinski definition) is 0. The summed E-state index contributed by atoms with van der Waals surface area (Å²) in [5.41, 5.74) is 11.3. The molecule has 0 spiro atoms. The maximum atomic E-state index is 4.83. The number of benzene rings is 6. The lowest BCUT2D eigenvalue weighted by molar-refractivity contribution is 1.22. The lowest BCUT2D eigenvalue weighted by Gasteiger charge is -2.34. The molecule has 3 heteroatoms. The molecule has 0 bridgehead atoms. The van der Waals surface area contributed by atoms with Gasteiger partial charge >= 0.3 is 0 Å². The van der Waals surface area contributed by atoms with Crippen molar-refractivity contribution in [2.75, 3.05) is 9.80 Å². The summed E-state index contributed by atoms with van der Waals surface area (Å²) in [5.74, 6) is 0. The Balaban J connectivity index is 1.22. The van der Waals surface area contributed by atoms with Crippen LogP contribution in [0.4, 0.5) is 34.1 Å². The van der Waals surface area contributed by atoms with Gasteiger partial charge in [-0.05, 0) is 71.6 Å². The first-order valence-corrected chi connectivity index (χ1v) is 14.2. The number of anilines is 6. The van der Waals surface area contributed by atoms with Crippen LogP contribution in [0.3, 0.4) is 0 Å². The molecular weight excluding hydrogens is 510 g/mol. The van der Waals surface area contributed by atoms with Crippen molar-refractivity contribution in [1.29, 1.82) is 0 Å². The fourth-order valence-corrected chi connectivity index (χ4v) is 6.11. The largest absolute Gasteiger partial charge is 0.309 e. The maximum Gasteiger partial charge on any atom is 0.0703 e. The van der Waals surface area contributed by atoms with Gasteiger partial charge in [0.05, 0.1) is 29.0 Å². The second-order valence-electron chi connectivity index (χ2n) is 10.5. The Morgan fingerprint density at radius 1 is 0.452 bits per heavy atom. The van der Waals surface area contributed by atoms with E-state index in [4.69, 9.17) is 4.98 Å². The average Bonchev–Trinajstić information content (AvgIpc) is 3.07. The number of nitrogens with zero attached hydrogens (tertiary/aromatic N) is 3. The molecule has 2 heterocycles. The summed E-state index contributed by atoms with van der Waals surface area (Å²) < 4.78 is 0. The van der Waals surface area contributed by atoms with E-state index in [2.05, 4.69) is 143 Å². The van der Waals surface area contributed by atoms with Gasteiger partial charge in [-0.2, -0.15) is 0 Å². The molecule has 0 amide bonds. The third kappa shape index (κ3) is 4.03. The first kappa shape index (κ1) is 24.2. The molecular formula is C39H27N3. The van der Waals surface area contributed by atoms with E-state index in [1.165, 1.54) is 33.3 Å². The van der Waals surface area contributed by atoms with Crippen LogP contribution in [0, 0.1) is 0 Å². The summed E-state index contributed by atoms with van der Waals surface area (Å²) in [6.07, 6.45) is 1.96. The smallest absolute Gasteiger partial charge is 0.0703 e. The van der Waals surface area contributed by atoms with Crippen LogP contribution in [-0.4, -0.2) is 4.98 Å². The summed E-state index contributed by atoms with van der Waals surface area (Å²) in [6.45, 7) is 0. The minimum Gasteiger partial charge on any atom is -0.309 e. The van der Waals surface area contributed by atoms with Crippen molar-refractivity contribution in [3.8, 4) is 22.4 Å². The maximum absolute atomic E-state index is 4.83. The van der Waals surface area contributed by atoms with E-state index in [-0.39, 0.29) is 0 Å². The molecule has 0 saturated carbocycles. The van der Waals surface area contributed by atoms with E-state index in [1.54, 1.807) is 0 Å². The molecule has 198 valence electrons. The van der Waals surface area contributed by atoms with Crippen LogP contribution in [0.2, 0.25) is 0 Å². The number of pyridine rings is 1. The van der Waals surface area contributed by atoms with Crippen molar-refractivity contribution in [3.63, 3.8) is 0 Å². The predicted molar refractivity (Wildman–Crippen MR) is 176 cm³/mol. The molecule has 1 aliphatic rings. The van der Waals surface area contributed by atoms with Gasteiger partial charge in [0, 0.05) is 33.6 Å². The molecule has 0 fully saturated rings. The van der Waals surface area contributed by atoms with Crippen molar-refractivity contribution in [3.05, 3.63) is 164 Å². The van der Waals surface area contributed by atoms with E-state index in [1.807, 2.05) is 30.5 Å². The highest BCUT2D eigenvalue weighted by Gasteiger charge is 2.25. The topological polar surface area (TPSA) is 19.4 Å². The number of hydrogen-bond acceptors (Lipinski definition) is 3. The number of fused-ring (bicyclic) bond motifs is 2. The third-order valence-corrected chi connectivity index (χ3v) is 8.01. The summed E-state index contributed by atoms with van der Waals surface area (Å²) in [7, 11) is 0. The van der Waals surface area contributed by atoms with Gasteiger partial charge in [-0.15, -0.1) is 0 Å². The molecule has 0 aliphatic carbocycles. The molecule has 0 saturated heterocycles. The molecule has 8 rings (SSSR count). The van der Waals surface area contributed by atoms with Crippen molar-refractivity contribution >= 4 is 44.9 Å². The molecule has 1 aliphatic heterocycles. The summed E-state index contributed by atoms with van der Waals surface area (Å²) in [6, 6.07) is 55.7. The zero-order chi connectivity index (χ0) is 27.9. The normalized spacial score (nSPS) is 11.8. The Morgan fingerprint density at radius 3 is 1.83 bits per heavy atom. The Labute approximate surface area is 245 Å². The monoisotopic (exact) mass is 537 g/mol. The summed E-state index contributed by atoms with van der Waals surface area (Å²) in [5, 5.41) is 2.54. The SMILES string of the molecule is c1ccc(-c2ccc(N(c3ccccc3)c3ccc(N4c5ccccc5-c5cccc6cccc4c56)cc3)cn2)cc1. The van der Waals surface area contributed by atoms with E-state index in [9.17, 15) is 0 Å². The zero-order valence-corrected chi connectivity index (χ0v) is 22.9. The second kappa shape index (κ2) is 10.1. The second-order valence-corrected chi connectivity index (χ2v) is 10.5. The number of para-hydroxylation sites is 2. The van der Waals surface area contributed by atoms with E-state index >= 15 is 0 Å². The molecule has 0 N–H and O–H groups in total. The molecule has 3 nitrogen and oxygen atoms in total. The molecule has 0 atom stereocenters. The van der Waals surface area contributed by atoms with Gasteiger partial charge in [0.2, 0.25) is 0 Å². The van der Waals surface area contributed by atoms with Gasteiger partial charge in [-0.25, -0.2) is 0 Å². The van der Waals surface area contributed by atoms with Crippen LogP contribution >= 0.6 is 0 Å². The van der Waals surface area contributed by atoms with Crippen molar-refractivity contribution < 1.29 is 0 Å². The van der Waals surface area contributed by atoms with Crippen LogP contribution < -0.4 is 9.80 Å². The molecule has 1 aromatic heterocycles. The van der Waals surface area contributed by atoms with Gasteiger partial charge in [-0.3, -0.25) is 4.98 Å². The van der Waals surface area contributed by atoms with E-state index in [0.29, 0.717) is 0 Å². The van der Waals surface area contributed by atoms with Crippen LogP contribution in [0.5, 0.6) is 0 Å². The molecule has 42 heavy (non-hydrogen) atoms. The zero-order valence-electron chi connectivity index (χ0n) is 22.9. The first-order valence-electron chi connectivity index (χ1n) is 14.2. The fourth-order valence-electron chi connectivity index (χ4n) is 6.11. The molecule has 0 radical (unpaired) electrons. The van der Waals surface area contributed by atoms with Crippen LogP contribution in [0.15, 0.2) is 164 Å². The fraction of sp³-hybridized carbons (Fsp3) is 0.